The molecule has 6 heteroatoms. The molecule has 1 atom stereocenters. The van der Waals surface area contributed by atoms with Gasteiger partial charge in [0.05, 0.1) is 0 Å². The van der Waals surface area contributed by atoms with Crippen molar-refractivity contribution in [3.8, 4) is 0 Å². The van der Waals surface area contributed by atoms with E-state index in [4.69, 9.17) is 9.47 Å². The Morgan fingerprint density at radius 3 is 0.965 bits per heavy atom. The third-order valence-electron chi connectivity index (χ3n) is 11.9. The molecule has 0 aromatic heterocycles. The molecule has 0 amide bonds. The number of rotatable bonds is 46. The zero-order chi connectivity index (χ0) is 41.9. The fourth-order valence-corrected chi connectivity index (χ4v) is 8.04. The summed E-state index contributed by atoms with van der Waals surface area (Å²) in [5.41, 5.74) is 0. The Kier molecular flexibility index (Phi) is 43.5. The molecule has 0 saturated heterocycles. The Balaban J connectivity index is 4.11. The van der Waals surface area contributed by atoms with E-state index in [2.05, 4.69) is 51.6 Å². The minimum atomic E-state index is 0.0397. The van der Waals surface area contributed by atoms with E-state index in [1.807, 2.05) is 0 Å². The van der Waals surface area contributed by atoms with E-state index in [9.17, 15) is 9.59 Å². The van der Waals surface area contributed by atoms with Gasteiger partial charge < -0.3 is 19.3 Å². The minimum absolute atomic E-state index is 0.0397. The van der Waals surface area contributed by atoms with Gasteiger partial charge in [-0.15, -0.1) is 0 Å². The molecule has 1 unspecified atom stereocenters. The molecule has 0 fully saturated rings. The summed E-state index contributed by atoms with van der Waals surface area (Å²) in [6, 6.07) is 0. The van der Waals surface area contributed by atoms with Gasteiger partial charge >= 0.3 is 11.9 Å². The van der Waals surface area contributed by atoms with Gasteiger partial charge in [-0.3, -0.25) is 9.59 Å². The van der Waals surface area contributed by atoms with Crippen molar-refractivity contribution in [3.63, 3.8) is 0 Å². The van der Waals surface area contributed by atoms with Crippen molar-refractivity contribution in [3.05, 3.63) is 0 Å². The monoisotopic (exact) mass is 807 g/mol. The van der Waals surface area contributed by atoms with Crippen LogP contribution >= 0.6 is 0 Å². The van der Waals surface area contributed by atoms with Gasteiger partial charge in [-0.2, -0.15) is 0 Å². The molecule has 0 aliphatic rings. The molecule has 0 bridgehead atoms. The van der Waals surface area contributed by atoms with Crippen molar-refractivity contribution < 1.29 is 19.1 Å². The van der Waals surface area contributed by atoms with E-state index < -0.39 is 0 Å². The highest BCUT2D eigenvalue weighted by Gasteiger charge is 2.16. The van der Waals surface area contributed by atoms with Crippen molar-refractivity contribution in [1.29, 1.82) is 0 Å². The van der Waals surface area contributed by atoms with Gasteiger partial charge in [0.1, 0.15) is 12.2 Å². The second kappa shape index (κ2) is 44.4. The Labute approximate surface area is 357 Å². The summed E-state index contributed by atoms with van der Waals surface area (Å²) in [7, 11) is 4.36. The van der Waals surface area contributed by atoms with Crippen molar-refractivity contribution in [2.24, 2.45) is 0 Å². The van der Waals surface area contributed by atoms with E-state index >= 15 is 0 Å². The van der Waals surface area contributed by atoms with Gasteiger partial charge in [-0.1, -0.05) is 175 Å². The maximum absolute atomic E-state index is 12.6. The smallest absolute Gasteiger partial charge is 0.306 e. The van der Waals surface area contributed by atoms with Gasteiger partial charge in [0.15, 0.2) is 0 Å². The lowest BCUT2D eigenvalue weighted by atomic mass is 10.0. The van der Waals surface area contributed by atoms with Crippen LogP contribution in [0.4, 0.5) is 0 Å². The van der Waals surface area contributed by atoms with Crippen molar-refractivity contribution in [1.82, 2.24) is 9.80 Å². The fourth-order valence-electron chi connectivity index (χ4n) is 8.04. The summed E-state index contributed by atoms with van der Waals surface area (Å²) in [4.78, 5) is 30.3. The normalized spacial score (nSPS) is 12.3. The first kappa shape index (κ1) is 55.9. The molecule has 0 aliphatic heterocycles. The molecule has 0 N–H and O–H groups in total. The Bertz CT molecular complexity index is 824. The van der Waals surface area contributed by atoms with Crippen LogP contribution < -0.4 is 0 Å². The lowest BCUT2D eigenvalue weighted by molar-refractivity contribution is -0.151. The fraction of sp³-hybridized carbons (Fsp3) is 0.961. The Morgan fingerprint density at radius 2 is 0.632 bits per heavy atom. The first-order chi connectivity index (χ1) is 27.9. The highest BCUT2D eigenvalue weighted by molar-refractivity contribution is 5.69. The first-order valence-electron chi connectivity index (χ1n) is 25.6. The minimum Gasteiger partial charge on any atom is -0.462 e. The quantitative estimate of drug-likeness (QED) is 0.0451. The summed E-state index contributed by atoms with van der Waals surface area (Å²) in [6.45, 7) is 13.7. The van der Waals surface area contributed by atoms with E-state index in [0.29, 0.717) is 12.8 Å². The molecular weight excluding hydrogens is 705 g/mol. The van der Waals surface area contributed by atoms with Crippen LogP contribution in [-0.2, 0) is 19.1 Å². The van der Waals surface area contributed by atoms with Crippen LogP contribution in [0.1, 0.15) is 265 Å². The number of hydrogen-bond donors (Lipinski definition) is 0. The van der Waals surface area contributed by atoms with Crippen molar-refractivity contribution in [2.75, 3.05) is 40.3 Å². The molecule has 57 heavy (non-hydrogen) atoms. The molecule has 0 aromatic carbocycles. The zero-order valence-electron chi connectivity index (χ0n) is 39.7. The van der Waals surface area contributed by atoms with E-state index in [1.54, 1.807) is 0 Å². The van der Waals surface area contributed by atoms with Crippen LogP contribution in [0.2, 0.25) is 0 Å². The molecule has 340 valence electrons. The van der Waals surface area contributed by atoms with Crippen LogP contribution in [0.3, 0.4) is 0 Å². The first-order valence-corrected chi connectivity index (χ1v) is 25.6. The molecule has 0 radical (unpaired) electrons. The molecular formula is C51H102N2O4. The SMILES string of the molecule is CCCCCCCC(CCCCCC)OC(=O)CCCCCCCCCN(CCCCCCCCCC(=O)OC(CCCCCC)CCCCCC)CCN(C)C. The number of nitrogens with zero attached hydrogens (tertiary/aromatic N) is 2. The molecule has 0 spiro atoms. The number of unbranched alkanes of at least 4 members (excludes halogenated alkanes) is 25. The number of esters is 2. The molecule has 0 aromatic rings. The molecule has 0 heterocycles. The van der Waals surface area contributed by atoms with Gasteiger partial charge in [-0.25, -0.2) is 0 Å². The Hall–Kier alpha value is -1.14. The van der Waals surface area contributed by atoms with Crippen LogP contribution in [0, 0.1) is 0 Å². The van der Waals surface area contributed by atoms with E-state index in [0.717, 1.165) is 64.5 Å². The van der Waals surface area contributed by atoms with E-state index in [1.165, 1.54) is 186 Å². The highest BCUT2D eigenvalue weighted by Crippen LogP contribution is 2.19. The standard InChI is InChI=1S/C51H102N2O4/c1-7-11-15-25-33-41-49(40-32-18-14-10-4)57-51(55)43-35-27-22-20-24-29-37-45-53(47-46-52(5)6)44-36-28-23-19-21-26-34-42-50(54)56-48(38-30-16-12-8-2)39-31-17-13-9-3/h48-49H,7-47H2,1-6H3. The lowest BCUT2D eigenvalue weighted by Crippen LogP contribution is -2.33. The summed E-state index contributed by atoms with van der Waals surface area (Å²) in [5, 5.41) is 0. The summed E-state index contributed by atoms with van der Waals surface area (Å²) < 4.78 is 12.0. The summed E-state index contributed by atoms with van der Waals surface area (Å²) >= 11 is 0. The third kappa shape index (κ3) is 41.4. The summed E-state index contributed by atoms with van der Waals surface area (Å²) in [5.74, 6) is 0.0820. The van der Waals surface area contributed by atoms with Crippen molar-refractivity contribution in [2.45, 2.75) is 277 Å². The van der Waals surface area contributed by atoms with Gasteiger partial charge in [0.25, 0.3) is 0 Å². The Morgan fingerprint density at radius 1 is 0.351 bits per heavy atom. The number of likely N-dealkylation sites (N-methyl/N-ethyl adjacent to an activating group) is 1. The van der Waals surface area contributed by atoms with Gasteiger partial charge in [0, 0.05) is 25.9 Å². The number of carbonyl (C=O) groups excluding carboxylic acids is 2. The topological polar surface area (TPSA) is 59.1 Å². The number of hydrogen-bond acceptors (Lipinski definition) is 6. The molecule has 0 saturated carbocycles. The number of carbonyl (C=O) groups is 2. The maximum atomic E-state index is 12.6. The van der Waals surface area contributed by atoms with Gasteiger partial charge in [0.2, 0.25) is 0 Å². The van der Waals surface area contributed by atoms with Crippen molar-refractivity contribution >= 4 is 11.9 Å². The lowest BCUT2D eigenvalue weighted by Gasteiger charge is -2.24. The average molecular weight is 807 g/mol. The second-order valence-corrected chi connectivity index (χ2v) is 18.1. The zero-order valence-corrected chi connectivity index (χ0v) is 39.7. The average Bonchev–Trinajstić information content (AvgIpc) is 3.19. The van der Waals surface area contributed by atoms with Crippen LogP contribution in [0.25, 0.3) is 0 Å². The largest absolute Gasteiger partial charge is 0.462 e. The van der Waals surface area contributed by atoms with Crippen LogP contribution in [-0.4, -0.2) is 74.2 Å². The maximum Gasteiger partial charge on any atom is 0.306 e. The molecule has 6 nitrogen and oxygen atoms in total. The number of ether oxygens (including phenoxy) is 2. The predicted molar refractivity (Wildman–Crippen MR) is 248 cm³/mol. The van der Waals surface area contributed by atoms with E-state index in [-0.39, 0.29) is 24.1 Å². The highest BCUT2D eigenvalue weighted by atomic mass is 16.5. The van der Waals surface area contributed by atoms with Crippen LogP contribution in [0.5, 0.6) is 0 Å². The summed E-state index contributed by atoms with van der Waals surface area (Å²) in [6.07, 6.45) is 44.1. The predicted octanol–water partition coefficient (Wildman–Crippen LogP) is 15.2. The van der Waals surface area contributed by atoms with Crippen LogP contribution in [0.15, 0.2) is 0 Å². The molecule has 0 aliphatic carbocycles. The molecule has 0 rings (SSSR count). The second-order valence-electron chi connectivity index (χ2n) is 18.1. The third-order valence-corrected chi connectivity index (χ3v) is 11.9. The van der Waals surface area contributed by atoms with Gasteiger partial charge in [-0.05, 0) is 104 Å².